The van der Waals surface area contributed by atoms with Crippen molar-refractivity contribution in [3.05, 3.63) is 0 Å². The normalized spacial score (nSPS) is 14.1. The van der Waals surface area contributed by atoms with Crippen LogP contribution in [0.4, 0.5) is 0 Å². The molecule has 146 valence electrons. The average molecular weight is 403 g/mol. The Morgan fingerprint density at radius 3 is 1.56 bits per heavy atom. The fourth-order valence-electron chi connectivity index (χ4n) is 3.11. The summed E-state index contributed by atoms with van der Waals surface area (Å²) in [7, 11) is -4.17. The summed E-state index contributed by atoms with van der Waals surface area (Å²) >= 11 is 0. The summed E-state index contributed by atoms with van der Waals surface area (Å²) in [4.78, 5) is 0. The first-order chi connectivity index (χ1) is 11.4. The van der Waals surface area contributed by atoms with Gasteiger partial charge in [0.2, 0.25) is 0 Å². The Labute approximate surface area is 199 Å². The predicted molar refractivity (Wildman–Crippen MR) is 100 cm³/mol. The molecule has 0 radical (unpaired) electrons. The second-order valence-electron chi connectivity index (χ2n) is 7.11. The molecule has 0 aliphatic rings. The number of unbranched alkanes of at least 4 members (excludes halogenated alkanes) is 8. The minimum atomic E-state index is -4.17. The summed E-state index contributed by atoms with van der Waals surface area (Å²) in [6, 6.07) is 0. The van der Waals surface area contributed by atoms with Crippen LogP contribution in [0.25, 0.3) is 0 Å². The molecule has 0 aromatic carbocycles. The molecule has 0 aromatic rings. The first kappa shape index (κ1) is 28.7. The summed E-state index contributed by atoms with van der Waals surface area (Å²) in [6.45, 7) is 4.26. The first-order valence-corrected chi connectivity index (χ1v) is 11.5. The van der Waals surface area contributed by atoms with E-state index in [1.807, 2.05) is 0 Å². The van der Waals surface area contributed by atoms with Crippen LogP contribution in [0.3, 0.4) is 0 Å². The van der Waals surface area contributed by atoms with Gasteiger partial charge >= 0.3 is 51.4 Å². The molecule has 0 fully saturated rings. The van der Waals surface area contributed by atoms with Gasteiger partial charge < -0.3 is 9.66 Å². The van der Waals surface area contributed by atoms with Crippen molar-refractivity contribution >= 4 is 10.1 Å². The van der Waals surface area contributed by atoms with Crippen molar-refractivity contribution in [2.75, 3.05) is 0 Å². The maximum absolute atomic E-state index is 11.3. The number of hydrogen-bond acceptors (Lipinski definition) is 4. The molecule has 0 saturated heterocycles. The summed E-state index contributed by atoms with van der Waals surface area (Å²) in [5, 5.41) is 9.23. The Balaban J connectivity index is 0. The van der Waals surface area contributed by atoms with Crippen LogP contribution < -0.4 is 51.4 Å². The van der Waals surface area contributed by atoms with E-state index in [0.717, 1.165) is 57.8 Å². The quantitative estimate of drug-likeness (QED) is 0.230. The number of aliphatic hydroxyl groups is 1. The van der Waals surface area contributed by atoms with E-state index < -0.39 is 15.4 Å². The molecule has 6 heteroatoms. The van der Waals surface area contributed by atoms with E-state index in [2.05, 4.69) is 13.8 Å². The summed E-state index contributed by atoms with van der Waals surface area (Å²) < 4.78 is 33.9. The molecular formula is C19H39KO4S. The summed E-state index contributed by atoms with van der Waals surface area (Å²) in [5.74, 6) is 0. The van der Waals surface area contributed by atoms with E-state index >= 15 is 0 Å². The van der Waals surface area contributed by atoms with Gasteiger partial charge in [0.25, 0.3) is 0 Å². The van der Waals surface area contributed by atoms with Crippen molar-refractivity contribution in [3.8, 4) is 0 Å². The van der Waals surface area contributed by atoms with E-state index in [4.69, 9.17) is 0 Å². The smallest absolute Gasteiger partial charge is 0.748 e. The van der Waals surface area contributed by atoms with Crippen molar-refractivity contribution in [2.45, 2.75) is 122 Å². The fourth-order valence-corrected chi connectivity index (χ4v) is 4.02. The maximum Gasteiger partial charge on any atom is 1.00 e. The molecule has 2 unspecified atom stereocenters. The second-order valence-corrected chi connectivity index (χ2v) is 8.76. The molecular weight excluding hydrogens is 363 g/mol. The Morgan fingerprint density at radius 1 is 0.720 bits per heavy atom. The average Bonchev–Trinajstić information content (AvgIpc) is 2.51. The molecule has 0 aromatic heterocycles. The Bertz CT molecular complexity index is 374. The Hall–Kier alpha value is 1.51. The van der Waals surface area contributed by atoms with Gasteiger partial charge in [0.05, 0.1) is 16.2 Å². The van der Waals surface area contributed by atoms with Crippen LogP contribution in [0.2, 0.25) is 0 Å². The van der Waals surface area contributed by atoms with Crippen LogP contribution in [0.5, 0.6) is 0 Å². The summed E-state index contributed by atoms with van der Waals surface area (Å²) in [5.41, 5.74) is 0. The van der Waals surface area contributed by atoms with Gasteiger partial charge in [-0.15, -0.1) is 0 Å². The van der Waals surface area contributed by atoms with Gasteiger partial charge in [0.1, 0.15) is 0 Å². The molecule has 25 heavy (non-hydrogen) atoms. The molecule has 0 rings (SSSR count). The predicted octanol–water partition coefficient (Wildman–Crippen LogP) is 2.16. The van der Waals surface area contributed by atoms with Crippen LogP contribution in [-0.2, 0) is 10.1 Å². The minimum absolute atomic E-state index is 0. The van der Waals surface area contributed by atoms with Crippen LogP contribution in [0.1, 0.15) is 110 Å². The third-order valence-corrected chi connectivity index (χ3v) is 6.03. The van der Waals surface area contributed by atoms with Gasteiger partial charge in [-0.05, 0) is 25.7 Å². The van der Waals surface area contributed by atoms with E-state index in [9.17, 15) is 18.1 Å². The van der Waals surface area contributed by atoms with Gasteiger partial charge in [-0.3, -0.25) is 0 Å². The molecule has 1 N–H and O–H groups in total. The third-order valence-electron chi connectivity index (χ3n) is 4.74. The van der Waals surface area contributed by atoms with Gasteiger partial charge in [-0.25, -0.2) is 8.42 Å². The van der Waals surface area contributed by atoms with Crippen LogP contribution in [0, 0.1) is 0 Å². The molecule has 4 nitrogen and oxygen atoms in total. The van der Waals surface area contributed by atoms with E-state index in [-0.39, 0.29) is 57.5 Å². The van der Waals surface area contributed by atoms with Gasteiger partial charge in [-0.1, -0.05) is 84.5 Å². The van der Waals surface area contributed by atoms with Gasteiger partial charge in [0, 0.05) is 5.25 Å². The molecule has 0 heterocycles. The Morgan fingerprint density at radius 2 is 1.08 bits per heavy atom. The molecule has 0 bridgehead atoms. The first-order valence-electron chi connectivity index (χ1n) is 10.0. The molecule has 2 atom stereocenters. The monoisotopic (exact) mass is 402 g/mol. The molecule has 0 saturated carbocycles. The largest absolute Gasteiger partial charge is 1.00 e. The zero-order chi connectivity index (χ0) is 18.3. The van der Waals surface area contributed by atoms with E-state index in [1.165, 1.54) is 25.7 Å². The standard InChI is InChI=1S/C19H40O4S.K/c1-3-5-7-8-11-14-18(20)15-12-9-13-17-19(24(21,22)23)16-10-6-4-2;/h18-20H,3-17H2,1-2H3,(H,21,22,23);/q;+1/p-1. The van der Waals surface area contributed by atoms with Crippen molar-refractivity contribution in [2.24, 2.45) is 0 Å². The number of rotatable bonds is 17. The topological polar surface area (TPSA) is 77.4 Å². The van der Waals surface area contributed by atoms with Crippen molar-refractivity contribution in [1.82, 2.24) is 0 Å². The van der Waals surface area contributed by atoms with E-state index in [1.54, 1.807) is 0 Å². The number of hydrogen-bond donors (Lipinski definition) is 1. The fraction of sp³-hybridized carbons (Fsp3) is 1.00. The third kappa shape index (κ3) is 18.6. The van der Waals surface area contributed by atoms with Crippen LogP contribution in [-0.4, -0.2) is 29.4 Å². The van der Waals surface area contributed by atoms with Crippen molar-refractivity contribution < 1.29 is 69.5 Å². The van der Waals surface area contributed by atoms with Gasteiger partial charge in [-0.2, -0.15) is 0 Å². The van der Waals surface area contributed by atoms with Crippen molar-refractivity contribution in [1.29, 1.82) is 0 Å². The van der Waals surface area contributed by atoms with Gasteiger partial charge in [0.15, 0.2) is 0 Å². The zero-order valence-corrected chi connectivity index (χ0v) is 20.8. The second kappa shape index (κ2) is 18.9. The minimum Gasteiger partial charge on any atom is -0.748 e. The van der Waals surface area contributed by atoms with E-state index in [0.29, 0.717) is 12.8 Å². The number of aliphatic hydroxyl groups excluding tert-OH is 1. The molecule has 0 aliphatic heterocycles. The summed E-state index contributed by atoms with van der Waals surface area (Å²) in [6.07, 6.45) is 13.9. The molecule has 0 aliphatic carbocycles. The zero-order valence-electron chi connectivity index (χ0n) is 16.8. The van der Waals surface area contributed by atoms with Crippen molar-refractivity contribution in [3.63, 3.8) is 0 Å². The van der Waals surface area contributed by atoms with Crippen LogP contribution in [0.15, 0.2) is 0 Å². The SMILES string of the molecule is CCCCCCCC(O)CCCCCC(CCCCC)S(=O)(=O)[O-].[K+]. The Kier molecular flexibility index (Phi) is 21.7. The molecule has 0 spiro atoms. The molecule has 0 amide bonds. The maximum atomic E-state index is 11.3. The van der Waals surface area contributed by atoms with Crippen LogP contribution >= 0.6 is 0 Å².